The van der Waals surface area contributed by atoms with Gasteiger partial charge in [-0.05, 0) is 30.9 Å². The second kappa shape index (κ2) is 11.1. The van der Waals surface area contributed by atoms with Gasteiger partial charge in [0.2, 0.25) is 11.9 Å². The van der Waals surface area contributed by atoms with Crippen LogP contribution in [0.2, 0.25) is 0 Å². The highest BCUT2D eigenvalue weighted by Gasteiger charge is 2.44. The molecule has 2 aromatic heterocycles. The van der Waals surface area contributed by atoms with Gasteiger partial charge in [-0.15, -0.1) is 0 Å². The molecule has 4 heterocycles. The number of nitrogens with two attached hydrogens (primary N) is 1. The molecule has 4 N–H and O–H groups in total. The fraction of sp³-hybridized carbons (Fsp3) is 0.556. The SMILES string of the molecule is CCC[C@@H](CCO)Nc1nc(N)nc2cnn(Cc3ccc(CN4C[C@@H]5C[C@H]4CN5C(C)=O)cc3OC)c12. The van der Waals surface area contributed by atoms with Crippen molar-refractivity contribution in [2.75, 3.05) is 37.9 Å². The van der Waals surface area contributed by atoms with Gasteiger partial charge in [0.05, 0.1) is 19.9 Å². The number of carbonyl (C=O) groups excluding carboxylic acids is 1. The molecule has 38 heavy (non-hydrogen) atoms. The number of nitrogens with one attached hydrogen (secondary N) is 1. The number of aliphatic hydroxyl groups is 1. The fourth-order valence-corrected chi connectivity index (χ4v) is 5.97. The Kier molecular flexibility index (Phi) is 7.66. The highest BCUT2D eigenvalue weighted by atomic mass is 16.5. The van der Waals surface area contributed by atoms with E-state index in [1.807, 2.05) is 9.58 Å². The van der Waals surface area contributed by atoms with Crippen molar-refractivity contribution in [1.29, 1.82) is 0 Å². The molecular weight excluding hydrogens is 484 g/mol. The number of ether oxygens (including phenoxy) is 1. The first-order chi connectivity index (χ1) is 18.4. The van der Waals surface area contributed by atoms with E-state index in [9.17, 15) is 9.90 Å². The molecule has 0 spiro atoms. The lowest BCUT2D eigenvalue weighted by atomic mass is 10.1. The molecule has 0 saturated carbocycles. The minimum absolute atomic E-state index is 0.0723. The van der Waals surface area contributed by atoms with Gasteiger partial charge in [0, 0.05) is 56.9 Å². The maximum atomic E-state index is 11.8. The summed E-state index contributed by atoms with van der Waals surface area (Å²) in [5.74, 6) is 1.78. The van der Waals surface area contributed by atoms with Gasteiger partial charge >= 0.3 is 0 Å². The van der Waals surface area contributed by atoms with E-state index >= 15 is 0 Å². The van der Waals surface area contributed by atoms with Crippen molar-refractivity contribution in [2.24, 2.45) is 0 Å². The van der Waals surface area contributed by atoms with Crippen LogP contribution >= 0.6 is 0 Å². The molecule has 2 fully saturated rings. The van der Waals surface area contributed by atoms with Crippen LogP contribution in [-0.4, -0.2) is 85.5 Å². The molecule has 11 nitrogen and oxygen atoms in total. The number of benzene rings is 1. The van der Waals surface area contributed by atoms with Crippen molar-refractivity contribution < 1.29 is 14.6 Å². The lowest BCUT2D eigenvalue weighted by Gasteiger charge is -2.33. The summed E-state index contributed by atoms with van der Waals surface area (Å²) < 4.78 is 7.66. The van der Waals surface area contributed by atoms with Crippen LogP contribution in [0.5, 0.6) is 5.75 Å². The molecule has 3 aromatic rings. The normalized spacial score (nSPS) is 19.8. The zero-order valence-corrected chi connectivity index (χ0v) is 22.4. The van der Waals surface area contributed by atoms with Crippen LogP contribution in [0.25, 0.3) is 11.0 Å². The summed E-state index contributed by atoms with van der Waals surface area (Å²) in [4.78, 5) is 25.2. The number of rotatable bonds is 11. The zero-order valence-electron chi connectivity index (χ0n) is 22.4. The molecule has 2 bridgehead atoms. The van der Waals surface area contributed by atoms with E-state index in [4.69, 9.17) is 10.5 Å². The zero-order chi connectivity index (χ0) is 26.8. The molecule has 3 atom stereocenters. The number of nitrogens with zero attached hydrogens (tertiary/aromatic N) is 6. The number of carbonyl (C=O) groups is 1. The third kappa shape index (κ3) is 5.25. The summed E-state index contributed by atoms with van der Waals surface area (Å²) in [6, 6.07) is 7.16. The van der Waals surface area contributed by atoms with Crippen LogP contribution in [0.3, 0.4) is 0 Å². The summed E-state index contributed by atoms with van der Waals surface area (Å²) in [5, 5.41) is 17.6. The molecule has 5 rings (SSSR count). The quantitative estimate of drug-likeness (QED) is 0.346. The Morgan fingerprint density at radius 1 is 1.24 bits per heavy atom. The highest BCUT2D eigenvalue weighted by molar-refractivity contribution is 5.86. The van der Waals surface area contributed by atoms with E-state index < -0.39 is 0 Å². The Bertz CT molecular complexity index is 1290. The van der Waals surface area contributed by atoms with E-state index in [2.05, 4.69) is 50.4 Å². The number of likely N-dealkylation sites (tertiary alicyclic amines) is 2. The third-order valence-electron chi connectivity index (χ3n) is 7.78. The van der Waals surface area contributed by atoms with Crippen LogP contribution < -0.4 is 15.8 Å². The molecular formula is C27H38N8O3. The van der Waals surface area contributed by atoms with Gasteiger partial charge in [0.25, 0.3) is 0 Å². The van der Waals surface area contributed by atoms with E-state index in [0.29, 0.717) is 36.4 Å². The molecule has 0 radical (unpaired) electrons. The van der Waals surface area contributed by atoms with Crippen molar-refractivity contribution in [2.45, 2.75) is 70.7 Å². The number of anilines is 2. The van der Waals surface area contributed by atoms with Crippen LogP contribution in [-0.2, 0) is 17.9 Å². The second-order valence-corrected chi connectivity index (χ2v) is 10.4. The smallest absolute Gasteiger partial charge is 0.222 e. The molecule has 2 aliphatic heterocycles. The molecule has 204 valence electrons. The number of piperazine rings is 1. The third-order valence-corrected chi connectivity index (χ3v) is 7.78. The fourth-order valence-electron chi connectivity index (χ4n) is 5.97. The Balaban J connectivity index is 1.35. The molecule has 2 aliphatic rings. The Morgan fingerprint density at radius 2 is 2.08 bits per heavy atom. The van der Waals surface area contributed by atoms with E-state index in [1.165, 1.54) is 5.56 Å². The predicted octanol–water partition coefficient (Wildman–Crippen LogP) is 2.23. The molecule has 1 amide bonds. The maximum Gasteiger partial charge on any atom is 0.222 e. The van der Waals surface area contributed by atoms with Crippen molar-refractivity contribution in [3.63, 3.8) is 0 Å². The number of hydrogen-bond acceptors (Lipinski definition) is 9. The first-order valence-electron chi connectivity index (χ1n) is 13.4. The molecule has 0 unspecified atom stereocenters. The van der Waals surface area contributed by atoms with Crippen LogP contribution in [0.1, 0.15) is 50.7 Å². The Hall–Kier alpha value is -3.44. The number of methoxy groups -OCH3 is 1. The Morgan fingerprint density at radius 3 is 2.76 bits per heavy atom. The molecule has 0 aliphatic carbocycles. The summed E-state index contributed by atoms with van der Waals surface area (Å²) in [6.07, 6.45) is 5.27. The predicted molar refractivity (Wildman–Crippen MR) is 146 cm³/mol. The monoisotopic (exact) mass is 522 g/mol. The largest absolute Gasteiger partial charge is 0.496 e. The van der Waals surface area contributed by atoms with Gasteiger partial charge in [-0.3, -0.25) is 14.4 Å². The summed E-state index contributed by atoms with van der Waals surface area (Å²) in [5.41, 5.74) is 9.61. The van der Waals surface area contributed by atoms with Gasteiger partial charge in [-0.25, -0.2) is 4.98 Å². The number of hydrogen-bond donors (Lipinski definition) is 3. The first-order valence-corrected chi connectivity index (χ1v) is 13.4. The number of nitrogen functional groups attached to an aromatic ring is 1. The van der Waals surface area contributed by atoms with Crippen molar-refractivity contribution >= 4 is 28.7 Å². The number of amides is 1. The molecule has 1 aromatic carbocycles. The van der Waals surface area contributed by atoms with E-state index in [1.54, 1.807) is 20.2 Å². The summed E-state index contributed by atoms with van der Waals surface area (Å²) in [7, 11) is 1.69. The van der Waals surface area contributed by atoms with E-state index in [0.717, 1.165) is 55.7 Å². The van der Waals surface area contributed by atoms with Gasteiger partial charge in [-0.1, -0.05) is 25.5 Å². The van der Waals surface area contributed by atoms with E-state index in [-0.39, 0.29) is 24.5 Å². The molecule has 2 saturated heterocycles. The topological polar surface area (TPSA) is 135 Å². The van der Waals surface area contributed by atoms with Crippen LogP contribution in [0.15, 0.2) is 24.4 Å². The number of aliphatic hydroxyl groups excluding tert-OH is 1. The number of fused-ring (bicyclic) bond motifs is 3. The van der Waals surface area contributed by atoms with Crippen molar-refractivity contribution in [1.82, 2.24) is 29.5 Å². The highest BCUT2D eigenvalue weighted by Crippen LogP contribution is 2.33. The molecule has 11 heteroatoms. The van der Waals surface area contributed by atoms with Crippen LogP contribution in [0.4, 0.5) is 11.8 Å². The standard InChI is InChI=1S/C27H38N8O3/c1-4-5-20(8-9-36)30-26-25-23(31-27(28)32-26)12-29-35(25)14-19-7-6-18(10-24(19)38-3)13-33-15-22-11-21(33)16-34(22)17(2)37/h6-7,10,12,20-22,36H,4-5,8-9,11,13-16H2,1-3H3,(H3,28,30,31,32)/t20-,21-,22-/m0/s1. The maximum absolute atomic E-state index is 11.8. The van der Waals surface area contributed by atoms with Crippen LogP contribution in [0, 0.1) is 0 Å². The summed E-state index contributed by atoms with van der Waals surface area (Å²) >= 11 is 0. The average Bonchev–Trinajstić information content (AvgIpc) is 3.60. The van der Waals surface area contributed by atoms with Crippen molar-refractivity contribution in [3.8, 4) is 5.75 Å². The van der Waals surface area contributed by atoms with Crippen molar-refractivity contribution in [3.05, 3.63) is 35.5 Å². The summed E-state index contributed by atoms with van der Waals surface area (Å²) in [6.45, 7) is 6.93. The van der Waals surface area contributed by atoms with Gasteiger partial charge in [0.15, 0.2) is 5.82 Å². The number of aromatic nitrogens is 4. The first kappa shape index (κ1) is 26.2. The van der Waals surface area contributed by atoms with Gasteiger partial charge in [-0.2, -0.15) is 10.1 Å². The van der Waals surface area contributed by atoms with Gasteiger partial charge in [0.1, 0.15) is 16.8 Å². The second-order valence-electron chi connectivity index (χ2n) is 10.4. The minimum atomic E-state index is 0.0723. The Labute approximate surface area is 223 Å². The van der Waals surface area contributed by atoms with Gasteiger partial charge < -0.3 is 25.8 Å². The lowest BCUT2D eigenvalue weighted by molar-refractivity contribution is -0.131. The average molecular weight is 523 g/mol. The minimum Gasteiger partial charge on any atom is -0.496 e. The lowest BCUT2D eigenvalue weighted by Crippen LogP contribution is -2.47.